The van der Waals surface area contributed by atoms with Gasteiger partial charge in [-0.25, -0.2) is 0 Å². The molecule has 118 valence electrons. The second kappa shape index (κ2) is 9.32. The van der Waals surface area contributed by atoms with Crippen LogP contribution in [0.4, 0.5) is 0 Å². The average molecular weight is 286 g/mol. The first-order chi connectivity index (χ1) is 9.65. The van der Waals surface area contributed by atoms with Crippen LogP contribution in [0.5, 0.6) is 0 Å². The lowest BCUT2D eigenvalue weighted by atomic mass is 9.83. The fourth-order valence-electron chi connectivity index (χ4n) is 2.90. The predicted octanol–water partition coefficient (Wildman–Crippen LogP) is 1.45. The molecule has 3 N–H and O–H groups in total. The Hall–Kier alpha value is -0.650. The van der Waals surface area contributed by atoms with Crippen LogP contribution in [0.1, 0.15) is 45.4 Å². The maximum absolute atomic E-state index is 11.9. The molecule has 1 saturated carbocycles. The maximum atomic E-state index is 11.9. The molecular weight excluding hydrogens is 256 g/mol. The summed E-state index contributed by atoms with van der Waals surface area (Å²) in [4.78, 5) is 11.9. The number of carbonyl (C=O) groups is 1. The minimum atomic E-state index is -0.182. The fraction of sp³-hybridized carbons (Fsp3) is 0.933. The van der Waals surface area contributed by atoms with E-state index >= 15 is 0 Å². The van der Waals surface area contributed by atoms with E-state index in [0.717, 1.165) is 26.2 Å². The molecule has 0 radical (unpaired) electrons. The number of carbonyl (C=O) groups excluding carboxylic acids is 1. The van der Waals surface area contributed by atoms with Gasteiger partial charge in [0.05, 0.1) is 12.5 Å². The Morgan fingerprint density at radius 2 is 2.10 bits per heavy atom. The molecule has 1 aliphatic carbocycles. The Balaban J connectivity index is 2.36. The van der Waals surface area contributed by atoms with Crippen molar-refractivity contribution < 1.29 is 14.3 Å². The third kappa shape index (κ3) is 5.77. The first-order valence-electron chi connectivity index (χ1n) is 7.73. The highest BCUT2D eigenvalue weighted by atomic mass is 16.5. The van der Waals surface area contributed by atoms with Crippen molar-refractivity contribution in [3.63, 3.8) is 0 Å². The summed E-state index contributed by atoms with van der Waals surface area (Å²) in [6.45, 7) is 4.68. The summed E-state index contributed by atoms with van der Waals surface area (Å²) in [7, 11) is 1.59. The van der Waals surface area contributed by atoms with Gasteiger partial charge in [-0.1, -0.05) is 12.8 Å². The summed E-state index contributed by atoms with van der Waals surface area (Å²) >= 11 is 0. The van der Waals surface area contributed by atoms with Crippen LogP contribution in [0.2, 0.25) is 0 Å². The van der Waals surface area contributed by atoms with E-state index in [1.807, 2.05) is 6.92 Å². The van der Waals surface area contributed by atoms with Gasteiger partial charge in [-0.15, -0.1) is 0 Å². The molecule has 0 heterocycles. The number of nitrogens with one attached hydrogen (secondary N) is 1. The van der Waals surface area contributed by atoms with Gasteiger partial charge in [0.15, 0.2) is 0 Å². The van der Waals surface area contributed by atoms with Gasteiger partial charge in [0.25, 0.3) is 0 Å². The Kier molecular flexibility index (Phi) is 8.11. The summed E-state index contributed by atoms with van der Waals surface area (Å²) in [5, 5.41) is 3.06. The minimum absolute atomic E-state index is 0.0324. The third-order valence-electron chi connectivity index (χ3n) is 4.31. The lowest BCUT2D eigenvalue weighted by Crippen LogP contribution is -2.39. The first-order valence-corrected chi connectivity index (χ1v) is 7.73. The SMILES string of the molecule is CCOCCC1(CNC(=O)CC(CN)OC)CCCC1. The van der Waals surface area contributed by atoms with Crippen molar-refractivity contribution in [2.24, 2.45) is 11.1 Å². The summed E-state index contributed by atoms with van der Waals surface area (Å²) < 4.78 is 10.6. The maximum Gasteiger partial charge on any atom is 0.222 e. The van der Waals surface area contributed by atoms with Crippen molar-refractivity contribution in [2.75, 3.05) is 33.4 Å². The van der Waals surface area contributed by atoms with Crippen LogP contribution in [0.15, 0.2) is 0 Å². The molecule has 5 nitrogen and oxygen atoms in total. The van der Waals surface area contributed by atoms with E-state index in [1.165, 1.54) is 25.7 Å². The fourth-order valence-corrected chi connectivity index (χ4v) is 2.90. The summed E-state index contributed by atoms with van der Waals surface area (Å²) in [5.74, 6) is 0.0324. The zero-order chi connectivity index (χ0) is 14.8. The highest BCUT2D eigenvalue weighted by Gasteiger charge is 2.33. The molecule has 0 saturated heterocycles. The van der Waals surface area contributed by atoms with Gasteiger partial charge in [-0.2, -0.15) is 0 Å². The van der Waals surface area contributed by atoms with Crippen LogP contribution in [0.25, 0.3) is 0 Å². The second-order valence-electron chi connectivity index (χ2n) is 5.73. The van der Waals surface area contributed by atoms with Crippen LogP contribution in [0.3, 0.4) is 0 Å². The molecule has 1 aliphatic rings. The van der Waals surface area contributed by atoms with Crippen molar-refractivity contribution >= 4 is 5.91 Å². The number of nitrogens with two attached hydrogens (primary N) is 1. The van der Waals surface area contributed by atoms with Crippen LogP contribution >= 0.6 is 0 Å². The van der Waals surface area contributed by atoms with Crippen LogP contribution in [0, 0.1) is 5.41 Å². The highest BCUT2D eigenvalue weighted by molar-refractivity contribution is 5.76. The molecule has 0 aromatic rings. The van der Waals surface area contributed by atoms with E-state index in [-0.39, 0.29) is 17.4 Å². The third-order valence-corrected chi connectivity index (χ3v) is 4.31. The van der Waals surface area contributed by atoms with Crippen molar-refractivity contribution in [1.29, 1.82) is 0 Å². The van der Waals surface area contributed by atoms with Gasteiger partial charge in [-0.3, -0.25) is 4.79 Å². The number of methoxy groups -OCH3 is 1. The second-order valence-corrected chi connectivity index (χ2v) is 5.73. The first kappa shape index (κ1) is 17.4. The lowest BCUT2D eigenvalue weighted by Gasteiger charge is -2.29. The number of rotatable bonds is 10. The van der Waals surface area contributed by atoms with Gasteiger partial charge < -0.3 is 20.5 Å². The van der Waals surface area contributed by atoms with Gasteiger partial charge in [-0.05, 0) is 31.6 Å². The summed E-state index contributed by atoms with van der Waals surface area (Å²) in [6.07, 6.45) is 6.07. The standard InChI is InChI=1S/C15H30N2O3/c1-3-20-9-8-15(6-4-5-7-15)12-17-14(18)10-13(11-16)19-2/h13H,3-12,16H2,1-2H3,(H,17,18). The Labute approximate surface area is 122 Å². The zero-order valence-corrected chi connectivity index (χ0v) is 13.0. The van der Waals surface area contributed by atoms with E-state index < -0.39 is 0 Å². The predicted molar refractivity (Wildman–Crippen MR) is 79.5 cm³/mol. The van der Waals surface area contributed by atoms with E-state index in [4.69, 9.17) is 15.2 Å². The Bertz CT molecular complexity index is 274. The molecule has 20 heavy (non-hydrogen) atoms. The van der Waals surface area contributed by atoms with E-state index in [9.17, 15) is 4.79 Å². The zero-order valence-electron chi connectivity index (χ0n) is 13.0. The monoisotopic (exact) mass is 286 g/mol. The molecule has 0 spiro atoms. The Morgan fingerprint density at radius 3 is 2.65 bits per heavy atom. The summed E-state index contributed by atoms with van der Waals surface area (Å²) in [6, 6.07) is 0. The Morgan fingerprint density at radius 1 is 1.40 bits per heavy atom. The lowest BCUT2D eigenvalue weighted by molar-refractivity contribution is -0.124. The van der Waals surface area contributed by atoms with Crippen molar-refractivity contribution in [3.8, 4) is 0 Å². The van der Waals surface area contributed by atoms with Gasteiger partial charge in [0.1, 0.15) is 0 Å². The van der Waals surface area contributed by atoms with E-state index in [0.29, 0.717) is 13.0 Å². The van der Waals surface area contributed by atoms with Crippen LogP contribution < -0.4 is 11.1 Å². The van der Waals surface area contributed by atoms with Crippen molar-refractivity contribution in [1.82, 2.24) is 5.32 Å². The highest BCUT2D eigenvalue weighted by Crippen LogP contribution is 2.40. The molecule has 1 amide bonds. The van der Waals surface area contributed by atoms with Gasteiger partial charge >= 0.3 is 0 Å². The summed E-state index contributed by atoms with van der Waals surface area (Å²) in [5.41, 5.74) is 5.77. The molecule has 0 aromatic carbocycles. The van der Waals surface area contributed by atoms with E-state index in [1.54, 1.807) is 7.11 Å². The van der Waals surface area contributed by atoms with Crippen LogP contribution in [-0.2, 0) is 14.3 Å². The molecule has 0 bridgehead atoms. The van der Waals surface area contributed by atoms with Gasteiger partial charge in [0.2, 0.25) is 5.91 Å². The molecular formula is C15H30N2O3. The van der Waals surface area contributed by atoms with Gasteiger partial charge in [0, 0.05) is 33.4 Å². The van der Waals surface area contributed by atoms with Crippen LogP contribution in [-0.4, -0.2) is 45.4 Å². The number of ether oxygens (including phenoxy) is 2. The molecule has 1 unspecified atom stereocenters. The normalized spacial score (nSPS) is 18.9. The van der Waals surface area contributed by atoms with Crippen molar-refractivity contribution in [2.45, 2.75) is 51.6 Å². The molecule has 0 aromatic heterocycles. The molecule has 1 atom stereocenters. The van der Waals surface area contributed by atoms with Crippen molar-refractivity contribution in [3.05, 3.63) is 0 Å². The smallest absolute Gasteiger partial charge is 0.222 e. The topological polar surface area (TPSA) is 73.6 Å². The molecule has 1 rings (SSSR count). The molecule has 0 aliphatic heterocycles. The molecule has 5 heteroatoms. The number of amides is 1. The average Bonchev–Trinajstić information content (AvgIpc) is 2.92. The quantitative estimate of drug-likeness (QED) is 0.596. The number of hydrogen-bond donors (Lipinski definition) is 2. The minimum Gasteiger partial charge on any atom is -0.382 e. The van der Waals surface area contributed by atoms with E-state index in [2.05, 4.69) is 5.32 Å². The largest absolute Gasteiger partial charge is 0.382 e. The number of hydrogen-bond acceptors (Lipinski definition) is 4. The molecule has 1 fully saturated rings.